The molecule has 2 aromatic carbocycles. The molecule has 0 atom stereocenters. The first-order chi connectivity index (χ1) is 14.2. The Kier molecular flexibility index (Phi) is 5.50. The number of urea groups is 1. The molecule has 2 aromatic rings. The molecule has 3 rings (SSSR count). The molecule has 0 saturated carbocycles. The second kappa shape index (κ2) is 7.90. The molecule has 0 unspecified atom stereocenters. The molecule has 30 heavy (non-hydrogen) atoms. The topological polar surface area (TPSA) is 84.9 Å². The molecule has 7 nitrogen and oxygen atoms in total. The van der Waals surface area contributed by atoms with E-state index in [2.05, 4.69) is 0 Å². The second-order valence-corrected chi connectivity index (χ2v) is 6.11. The summed E-state index contributed by atoms with van der Waals surface area (Å²) in [6.45, 7) is 0. The predicted octanol–water partition coefficient (Wildman–Crippen LogP) is 3.39. The molecule has 0 aromatic heterocycles. The maximum Gasteiger partial charge on any atom is 0.416 e. The van der Waals surface area contributed by atoms with Gasteiger partial charge in [-0.05, 0) is 42.5 Å². The Hall–Kier alpha value is -3.82. The summed E-state index contributed by atoms with van der Waals surface area (Å²) in [6, 6.07) is 7.16. The third-order valence-corrected chi connectivity index (χ3v) is 4.27. The Balaban J connectivity index is 2.07. The van der Waals surface area contributed by atoms with Crippen molar-refractivity contribution in [3.8, 4) is 11.5 Å². The molecule has 0 radical (unpaired) electrons. The van der Waals surface area contributed by atoms with Crippen LogP contribution in [0.25, 0.3) is 6.08 Å². The van der Waals surface area contributed by atoms with Crippen molar-refractivity contribution < 1.29 is 37.0 Å². The molecule has 1 fully saturated rings. The van der Waals surface area contributed by atoms with Crippen molar-refractivity contribution in [2.24, 2.45) is 0 Å². The average molecular weight is 420 g/mol. The number of imide groups is 2. The summed E-state index contributed by atoms with van der Waals surface area (Å²) in [5, 5.41) is 1.96. The molecule has 1 aliphatic heterocycles. The standard InChI is InChI=1S/C20H15F3N2O5/c1-29-14-6-7-16(30-2)11(8-14)9-15-17(26)24-19(28)25(18(15)27)13-5-3-4-12(10-13)20(21,22)23/h3-10H,1-2H3,(H,24,26,28). The molecule has 10 heteroatoms. The van der Waals surface area contributed by atoms with Gasteiger partial charge in [-0.25, -0.2) is 9.69 Å². The van der Waals surface area contributed by atoms with Crippen LogP contribution >= 0.6 is 0 Å². The molecule has 4 amide bonds. The highest BCUT2D eigenvalue weighted by Crippen LogP contribution is 2.33. The Bertz CT molecular complexity index is 1060. The van der Waals surface area contributed by atoms with Crippen LogP contribution in [0.1, 0.15) is 11.1 Å². The smallest absolute Gasteiger partial charge is 0.416 e. The highest BCUT2D eigenvalue weighted by Gasteiger charge is 2.38. The normalized spacial score (nSPS) is 16.0. The number of barbiturate groups is 1. The van der Waals surface area contributed by atoms with Crippen LogP contribution in [0.2, 0.25) is 0 Å². The first-order valence-corrected chi connectivity index (χ1v) is 8.46. The van der Waals surface area contributed by atoms with Crippen molar-refractivity contribution in [2.75, 3.05) is 19.1 Å². The van der Waals surface area contributed by atoms with E-state index in [1.165, 1.54) is 26.4 Å². The van der Waals surface area contributed by atoms with Gasteiger partial charge in [-0.2, -0.15) is 13.2 Å². The number of alkyl halides is 3. The minimum absolute atomic E-state index is 0.300. The van der Waals surface area contributed by atoms with Crippen LogP contribution in [-0.4, -0.2) is 32.1 Å². The fourth-order valence-corrected chi connectivity index (χ4v) is 2.82. The van der Waals surface area contributed by atoms with E-state index in [4.69, 9.17) is 9.47 Å². The average Bonchev–Trinajstić information content (AvgIpc) is 2.70. The fraction of sp³-hybridized carbons (Fsp3) is 0.150. The van der Waals surface area contributed by atoms with Gasteiger partial charge in [0.1, 0.15) is 17.1 Å². The van der Waals surface area contributed by atoms with Gasteiger partial charge in [-0.15, -0.1) is 0 Å². The van der Waals surface area contributed by atoms with Gasteiger partial charge in [-0.1, -0.05) is 6.07 Å². The van der Waals surface area contributed by atoms with Crippen molar-refractivity contribution in [1.29, 1.82) is 0 Å². The van der Waals surface area contributed by atoms with E-state index in [9.17, 15) is 27.6 Å². The summed E-state index contributed by atoms with van der Waals surface area (Å²) in [5.74, 6) is -1.34. The Morgan fingerprint density at radius 1 is 1.00 bits per heavy atom. The van der Waals surface area contributed by atoms with E-state index in [-0.39, 0.29) is 5.69 Å². The minimum atomic E-state index is -4.67. The summed E-state index contributed by atoms with van der Waals surface area (Å²) >= 11 is 0. The Morgan fingerprint density at radius 3 is 2.37 bits per heavy atom. The SMILES string of the molecule is COc1ccc(OC)c(C=C2C(=O)NC(=O)N(c3cccc(C(F)(F)F)c3)C2=O)c1. The van der Waals surface area contributed by atoms with E-state index in [0.717, 1.165) is 18.2 Å². The largest absolute Gasteiger partial charge is 0.497 e. The molecule has 1 heterocycles. The van der Waals surface area contributed by atoms with Crippen LogP contribution < -0.4 is 19.7 Å². The first kappa shape index (κ1) is 20.9. The molecule has 156 valence electrons. The monoisotopic (exact) mass is 420 g/mol. The Labute approximate surface area is 168 Å². The molecule has 1 saturated heterocycles. The van der Waals surface area contributed by atoms with Gasteiger partial charge in [0.05, 0.1) is 25.5 Å². The van der Waals surface area contributed by atoms with Crippen molar-refractivity contribution in [3.05, 3.63) is 59.2 Å². The van der Waals surface area contributed by atoms with E-state index in [0.29, 0.717) is 28.0 Å². The first-order valence-electron chi connectivity index (χ1n) is 8.46. The number of nitrogens with one attached hydrogen (secondary N) is 1. The van der Waals surface area contributed by atoms with Gasteiger partial charge in [0.15, 0.2) is 0 Å². The number of halogens is 3. The highest BCUT2D eigenvalue weighted by molar-refractivity contribution is 6.39. The molecule has 0 aliphatic carbocycles. The van der Waals surface area contributed by atoms with Crippen molar-refractivity contribution in [1.82, 2.24) is 5.32 Å². The molecule has 0 bridgehead atoms. The van der Waals surface area contributed by atoms with Crippen LogP contribution in [0.15, 0.2) is 48.0 Å². The Morgan fingerprint density at radius 2 is 1.73 bits per heavy atom. The number of ether oxygens (including phenoxy) is 2. The molecule has 0 spiro atoms. The summed E-state index contributed by atoms with van der Waals surface area (Å²) in [5.41, 5.74) is -1.53. The van der Waals surface area contributed by atoms with Gasteiger partial charge in [0.2, 0.25) is 0 Å². The zero-order chi connectivity index (χ0) is 22.1. The number of hydrogen-bond donors (Lipinski definition) is 1. The predicted molar refractivity (Wildman–Crippen MR) is 100.0 cm³/mol. The lowest BCUT2D eigenvalue weighted by molar-refractivity contribution is -0.137. The summed E-state index contributed by atoms with van der Waals surface area (Å²) in [7, 11) is 2.80. The van der Waals surface area contributed by atoms with Crippen LogP contribution in [0.5, 0.6) is 11.5 Å². The lowest BCUT2D eigenvalue weighted by Crippen LogP contribution is -2.54. The lowest BCUT2D eigenvalue weighted by Gasteiger charge is -2.27. The van der Waals surface area contributed by atoms with Gasteiger partial charge < -0.3 is 9.47 Å². The van der Waals surface area contributed by atoms with Gasteiger partial charge in [-0.3, -0.25) is 14.9 Å². The molecule has 1 N–H and O–H groups in total. The van der Waals surface area contributed by atoms with Gasteiger partial charge in [0.25, 0.3) is 11.8 Å². The number of hydrogen-bond acceptors (Lipinski definition) is 5. The third-order valence-electron chi connectivity index (χ3n) is 4.27. The number of carbonyl (C=O) groups excluding carboxylic acids is 3. The summed E-state index contributed by atoms with van der Waals surface area (Å²) in [6.07, 6.45) is -3.50. The number of nitrogens with zero attached hydrogens (tertiary/aromatic N) is 1. The zero-order valence-electron chi connectivity index (χ0n) is 15.7. The number of anilines is 1. The maximum absolute atomic E-state index is 13.0. The summed E-state index contributed by atoms with van der Waals surface area (Å²) in [4.78, 5) is 37.9. The minimum Gasteiger partial charge on any atom is -0.497 e. The van der Waals surface area contributed by atoms with Crippen molar-refractivity contribution in [2.45, 2.75) is 6.18 Å². The van der Waals surface area contributed by atoms with Gasteiger partial charge in [0, 0.05) is 5.56 Å². The highest BCUT2D eigenvalue weighted by atomic mass is 19.4. The number of carbonyl (C=O) groups is 3. The molecular weight excluding hydrogens is 405 g/mol. The zero-order valence-corrected chi connectivity index (χ0v) is 15.7. The van der Waals surface area contributed by atoms with Crippen LogP contribution in [-0.2, 0) is 15.8 Å². The van der Waals surface area contributed by atoms with E-state index in [1.54, 1.807) is 12.1 Å². The van der Waals surface area contributed by atoms with Crippen LogP contribution in [0, 0.1) is 0 Å². The van der Waals surface area contributed by atoms with E-state index in [1.807, 2.05) is 5.32 Å². The number of benzene rings is 2. The molecule has 1 aliphatic rings. The summed E-state index contributed by atoms with van der Waals surface area (Å²) < 4.78 is 49.3. The fourth-order valence-electron chi connectivity index (χ4n) is 2.82. The molecular formula is C20H15F3N2O5. The van der Waals surface area contributed by atoms with Crippen LogP contribution in [0.3, 0.4) is 0 Å². The van der Waals surface area contributed by atoms with E-state index >= 15 is 0 Å². The number of amides is 4. The third kappa shape index (κ3) is 3.97. The van der Waals surface area contributed by atoms with Crippen molar-refractivity contribution in [3.63, 3.8) is 0 Å². The van der Waals surface area contributed by atoms with Gasteiger partial charge >= 0.3 is 12.2 Å². The number of methoxy groups -OCH3 is 2. The number of rotatable bonds is 4. The second-order valence-electron chi connectivity index (χ2n) is 6.11. The lowest BCUT2D eigenvalue weighted by atomic mass is 10.1. The van der Waals surface area contributed by atoms with E-state index < -0.39 is 35.2 Å². The van der Waals surface area contributed by atoms with Crippen molar-refractivity contribution >= 4 is 29.6 Å². The quantitative estimate of drug-likeness (QED) is 0.606. The maximum atomic E-state index is 13.0. The van der Waals surface area contributed by atoms with Crippen LogP contribution in [0.4, 0.5) is 23.7 Å².